The van der Waals surface area contributed by atoms with Crippen LogP contribution in [0.4, 0.5) is 0 Å². The lowest BCUT2D eigenvalue weighted by Crippen LogP contribution is -2.31. The third-order valence-corrected chi connectivity index (χ3v) is 5.44. The van der Waals surface area contributed by atoms with Gasteiger partial charge in [0.25, 0.3) is 5.56 Å². The van der Waals surface area contributed by atoms with Gasteiger partial charge in [0.2, 0.25) is 0 Å². The van der Waals surface area contributed by atoms with Crippen molar-refractivity contribution in [1.82, 2.24) is 14.5 Å². The van der Waals surface area contributed by atoms with Crippen molar-refractivity contribution in [3.8, 4) is 0 Å². The Hall–Kier alpha value is -1.20. The van der Waals surface area contributed by atoms with Gasteiger partial charge >= 0.3 is 0 Å². The predicted molar refractivity (Wildman–Crippen MR) is 83.7 cm³/mol. The lowest BCUT2D eigenvalue weighted by Gasteiger charge is -2.18. The van der Waals surface area contributed by atoms with Crippen LogP contribution in [0.1, 0.15) is 30.7 Å². The molecule has 1 aliphatic rings. The van der Waals surface area contributed by atoms with Gasteiger partial charge in [0, 0.05) is 18.0 Å². The molecule has 0 aromatic carbocycles. The number of likely N-dealkylation sites (N-methyl/N-ethyl adjacent to an activating group) is 1. The molecule has 0 bridgehead atoms. The van der Waals surface area contributed by atoms with Crippen molar-refractivity contribution < 1.29 is 0 Å². The van der Waals surface area contributed by atoms with Crippen molar-refractivity contribution in [1.29, 1.82) is 0 Å². The molecule has 0 fully saturated rings. The number of aromatic nitrogens is 2. The topological polar surface area (TPSA) is 38.1 Å². The zero-order valence-electron chi connectivity index (χ0n) is 12.2. The molecule has 1 aliphatic carbocycles. The molecule has 0 atom stereocenters. The number of rotatable bonds is 5. The van der Waals surface area contributed by atoms with Crippen molar-refractivity contribution in [3.63, 3.8) is 0 Å². The summed E-state index contributed by atoms with van der Waals surface area (Å²) in [6.07, 6.45) is 5.08. The fourth-order valence-electron chi connectivity index (χ4n) is 2.97. The van der Waals surface area contributed by atoms with Crippen molar-refractivity contribution in [2.24, 2.45) is 0 Å². The maximum Gasteiger partial charge on any atom is 0.262 e. The summed E-state index contributed by atoms with van der Waals surface area (Å²) >= 11 is 1.71. The number of thiophene rings is 1. The normalized spacial score (nSPS) is 14.3. The van der Waals surface area contributed by atoms with E-state index in [9.17, 15) is 4.79 Å². The van der Waals surface area contributed by atoms with Gasteiger partial charge in [-0.15, -0.1) is 11.3 Å². The highest BCUT2D eigenvalue weighted by molar-refractivity contribution is 7.18. The Morgan fingerprint density at radius 2 is 2.15 bits per heavy atom. The summed E-state index contributed by atoms with van der Waals surface area (Å²) in [6, 6.07) is 0. The summed E-state index contributed by atoms with van der Waals surface area (Å²) in [5, 5.41) is 0.893. The van der Waals surface area contributed by atoms with Gasteiger partial charge in [-0.25, -0.2) is 4.98 Å². The Morgan fingerprint density at radius 3 is 2.90 bits per heavy atom. The van der Waals surface area contributed by atoms with Crippen LogP contribution in [0.15, 0.2) is 11.1 Å². The van der Waals surface area contributed by atoms with Crippen LogP contribution in [-0.2, 0) is 19.4 Å². The highest BCUT2D eigenvalue weighted by Gasteiger charge is 2.21. The van der Waals surface area contributed by atoms with Crippen LogP contribution >= 0.6 is 11.3 Å². The Kier molecular flexibility index (Phi) is 3.89. The van der Waals surface area contributed by atoms with Crippen LogP contribution in [-0.4, -0.2) is 34.1 Å². The highest BCUT2D eigenvalue weighted by Crippen LogP contribution is 2.34. The monoisotopic (exact) mass is 291 g/mol. The maximum absolute atomic E-state index is 12.6. The molecule has 0 aliphatic heterocycles. The molecule has 5 heteroatoms. The third-order valence-electron chi connectivity index (χ3n) is 4.24. The van der Waals surface area contributed by atoms with Gasteiger partial charge in [-0.1, -0.05) is 13.8 Å². The fourth-order valence-corrected chi connectivity index (χ4v) is 4.19. The molecule has 0 saturated carbocycles. The van der Waals surface area contributed by atoms with E-state index < -0.39 is 0 Å². The van der Waals surface area contributed by atoms with E-state index in [4.69, 9.17) is 0 Å². The summed E-state index contributed by atoms with van der Waals surface area (Å²) in [7, 11) is 0. The molecule has 2 aromatic rings. The minimum Gasteiger partial charge on any atom is -0.302 e. The van der Waals surface area contributed by atoms with Crippen molar-refractivity contribution in [2.75, 3.05) is 19.6 Å². The quantitative estimate of drug-likeness (QED) is 0.848. The molecule has 2 heterocycles. The molecule has 20 heavy (non-hydrogen) atoms. The third kappa shape index (κ3) is 2.29. The molecule has 4 nitrogen and oxygen atoms in total. The maximum atomic E-state index is 12.6. The summed E-state index contributed by atoms with van der Waals surface area (Å²) in [6.45, 7) is 7.99. The summed E-state index contributed by atoms with van der Waals surface area (Å²) in [5.41, 5.74) is 1.43. The van der Waals surface area contributed by atoms with Gasteiger partial charge in [-0.05, 0) is 37.9 Å². The molecule has 0 spiro atoms. The van der Waals surface area contributed by atoms with E-state index in [-0.39, 0.29) is 5.56 Å². The Labute approximate surface area is 123 Å². The Morgan fingerprint density at radius 1 is 1.35 bits per heavy atom. The second kappa shape index (κ2) is 5.66. The molecular formula is C15H21N3OS. The number of aryl methyl sites for hydroxylation is 2. The standard InChI is InChI=1S/C15H21N3OS/c1-3-17(4-2)8-9-18-10-16-14-13(15(18)19)11-6-5-7-12(11)20-14/h10H,3-9H2,1-2H3. The molecule has 0 amide bonds. The average Bonchev–Trinajstić information content (AvgIpc) is 3.02. The van der Waals surface area contributed by atoms with Crippen LogP contribution in [0.5, 0.6) is 0 Å². The van der Waals surface area contributed by atoms with E-state index in [0.29, 0.717) is 0 Å². The first-order chi connectivity index (χ1) is 9.74. The van der Waals surface area contributed by atoms with Gasteiger partial charge in [-0.2, -0.15) is 0 Å². The zero-order chi connectivity index (χ0) is 14.1. The predicted octanol–water partition coefficient (Wildman–Crippen LogP) is 2.29. The first-order valence-electron chi connectivity index (χ1n) is 7.46. The largest absolute Gasteiger partial charge is 0.302 e. The van der Waals surface area contributed by atoms with E-state index in [1.54, 1.807) is 22.2 Å². The average molecular weight is 291 g/mol. The van der Waals surface area contributed by atoms with Crippen molar-refractivity contribution in [3.05, 3.63) is 27.1 Å². The molecule has 0 N–H and O–H groups in total. The summed E-state index contributed by atoms with van der Waals surface area (Å²) in [5.74, 6) is 0. The second-order valence-electron chi connectivity index (χ2n) is 5.31. The van der Waals surface area contributed by atoms with Crippen molar-refractivity contribution in [2.45, 2.75) is 39.7 Å². The SMILES string of the molecule is CCN(CC)CCn1cnc2sc3c(c2c1=O)CCC3. The minimum absolute atomic E-state index is 0.154. The summed E-state index contributed by atoms with van der Waals surface area (Å²) in [4.78, 5) is 21.8. The van der Waals surface area contributed by atoms with Gasteiger partial charge in [0.05, 0.1) is 11.7 Å². The molecule has 0 radical (unpaired) electrons. The molecular weight excluding hydrogens is 270 g/mol. The molecule has 0 saturated heterocycles. The number of hydrogen-bond donors (Lipinski definition) is 0. The van der Waals surface area contributed by atoms with Crippen LogP contribution < -0.4 is 5.56 Å². The first-order valence-corrected chi connectivity index (χ1v) is 8.28. The van der Waals surface area contributed by atoms with Crippen LogP contribution in [0.25, 0.3) is 10.2 Å². The Balaban J connectivity index is 1.93. The fraction of sp³-hybridized carbons (Fsp3) is 0.600. The van der Waals surface area contributed by atoms with Gasteiger partial charge in [0.15, 0.2) is 0 Å². The molecule has 0 unspecified atom stereocenters. The molecule has 3 rings (SSSR count). The number of fused-ring (bicyclic) bond motifs is 3. The number of hydrogen-bond acceptors (Lipinski definition) is 4. The van der Waals surface area contributed by atoms with Gasteiger partial charge in [0.1, 0.15) is 4.83 Å². The van der Waals surface area contributed by atoms with Crippen LogP contribution in [0, 0.1) is 0 Å². The number of nitrogens with zero attached hydrogens (tertiary/aromatic N) is 3. The lowest BCUT2D eigenvalue weighted by atomic mass is 10.2. The second-order valence-corrected chi connectivity index (χ2v) is 6.39. The zero-order valence-corrected chi connectivity index (χ0v) is 13.0. The van der Waals surface area contributed by atoms with E-state index >= 15 is 0 Å². The highest BCUT2D eigenvalue weighted by atomic mass is 32.1. The van der Waals surface area contributed by atoms with E-state index in [2.05, 4.69) is 23.7 Å². The van der Waals surface area contributed by atoms with Gasteiger partial charge in [-0.3, -0.25) is 9.36 Å². The smallest absolute Gasteiger partial charge is 0.262 e. The molecule has 2 aromatic heterocycles. The molecule has 108 valence electrons. The van der Waals surface area contributed by atoms with E-state index in [1.165, 1.54) is 16.9 Å². The van der Waals surface area contributed by atoms with E-state index in [1.807, 2.05) is 0 Å². The van der Waals surface area contributed by atoms with Crippen LogP contribution in [0.3, 0.4) is 0 Å². The van der Waals surface area contributed by atoms with Crippen molar-refractivity contribution >= 4 is 21.6 Å². The van der Waals surface area contributed by atoms with E-state index in [0.717, 1.165) is 49.2 Å². The first kappa shape index (κ1) is 13.8. The Bertz CT molecular complexity index is 670. The van der Waals surface area contributed by atoms with Crippen LogP contribution in [0.2, 0.25) is 0 Å². The summed E-state index contributed by atoms with van der Waals surface area (Å²) < 4.78 is 1.78. The van der Waals surface area contributed by atoms with Gasteiger partial charge < -0.3 is 4.90 Å². The lowest BCUT2D eigenvalue weighted by molar-refractivity contribution is 0.289. The minimum atomic E-state index is 0.154.